The molecule has 2 N–H and O–H groups in total. The fraction of sp³-hybridized carbons (Fsp3) is 0.273. The molecule has 0 spiro atoms. The maximum absolute atomic E-state index is 12.2. The van der Waals surface area contributed by atoms with Gasteiger partial charge in [-0.2, -0.15) is 4.98 Å². The number of carbonyl (C=O) groups excluding carboxylic acids is 2. The minimum Gasteiger partial charge on any atom is -0.496 e. The van der Waals surface area contributed by atoms with Crippen LogP contribution in [0.15, 0.2) is 47.0 Å². The number of anilines is 1. The van der Waals surface area contributed by atoms with Crippen LogP contribution in [0.5, 0.6) is 11.5 Å². The number of fused-ring (bicyclic) bond motifs is 1. The molecule has 0 radical (unpaired) electrons. The van der Waals surface area contributed by atoms with E-state index in [2.05, 4.69) is 20.8 Å². The van der Waals surface area contributed by atoms with E-state index in [4.69, 9.17) is 14.0 Å². The highest BCUT2D eigenvalue weighted by atomic mass is 16.5. The van der Waals surface area contributed by atoms with Gasteiger partial charge in [0.25, 0.3) is 0 Å². The summed E-state index contributed by atoms with van der Waals surface area (Å²) in [5.41, 5.74) is 2.81. The first-order valence-electron chi connectivity index (χ1n) is 9.90. The Labute approximate surface area is 178 Å². The minimum atomic E-state index is -0.454. The van der Waals surface area contributed by atoms with Crippen LogP contribution in [0.25, 0.3) is 0 Å². The molecule has 0 unspecified atom stereocenters. The topological polar surface area (TPSA) is 116 Å². The first-order chi connectivity index (χ1) is 15.1. The number of ether oxygens (including phenoxy) is 2. The quantitative estimate of drug-likeness (QED) is 0.573. The van der Waals surface area contributed by atoms with Crippen LogP contribution in [-0.4, -0.2) is 35.6 Å². The number of carbonyl (C=O) groups is 2. The van der Waals surface area contributed by atoms with Gasteiger partial charge in [0.05, 0.1) is 7.11 Å². The van der Waals surface area contributed by atoms with Gasteiger partial charge in [0.2, 0.25) is 11.7 Å². The molecule has 0 saturated heterocycles. The number of hydrogen-bond donors (Lipinski definition) is 2. The van der Waals surface area contributed by atoms with Gasteiger partial charge in [-0.3, -0.25) is 9.59 Å². The average Bonchev–Trinajstić information content (AvgIpc) is 3.27. The summed E-state index contributed by atoms with van der Waals surface area (Å²) >= 11 is 0. The molecule has 0 atom stereocenters. The van der Waals surface area contributed by atoms with E-state index in [1.54, 1.807) is 13.2 Å². The summed E-state index contributed by atoms with van der Waals surface area (Å²) in [6.45, 7) is 0.430. The van der Waals surface area contributed by atoms with E-state index in [0.717, 1.165) is 22.6 Å². The molecular formula is C22H22N4O5. The molecule has 0 fully saturated rings. The van der Waals surface area contributed by atoms with Gasteiger partial charge in [0.15, 0.2) is 6.61 Å². The molecule has 0 bridgehead atoms. The van der Waals surface area contributed by atoms with Crippen molar-refractivity contribution in [2.75, 3.05) is 19.0 Å². The Morgan fingerprint density at radius 1 is 1.23 bits per heavy atom. The number of hydrogen-bond acceptors (Lipinski definition) is 7. The van der Waals surface area contributed by atoms with Gasteiger partial charge in [-0.05, 0) is 36.1 Å². The number of rotatable bonds is 8. The van der Waals surface area contributed by atoms with Gasteiger partial charge in [-0.1, -0.05) is 29.4 Å². The zero-order valence-corrected chi connectivity index (χ0v) is 17.0. The van der Waals surface area contributed by atoms with E-state index in [0.29, 0.717) is 31.6 Å². The number of aromatic nitrogens is 2. The highest BCUT2D eigenvalue weighted by Crippen LogP contribution is 2.27. The van der Waals surface area contributed by atoms with Crippen LogP contribution in [0.4, 0.5) is 5.69 Å². The molecule has 1 aliphatic heterocycles. The van der Waals surface area contributed by atoms with Crippen LogP contribution >= 0.6 is 0 Å². The zero-order chi connectivity index (χ0) is 21.6. The fourth-order valence-corrected chi connectivity index (χ4v) is 3.29. The predicted molar refractivity (Wildman–Crippen MR) is 111 cm³/mol. The maximum atomic E-state index is 12.2. The number of methoxy groups -OCH3 is 1. The smallest absolute Gasteiger partial charge is 0.316 e. The van der Waals surface area contributed by atoms with Gasteiger partial charge >= 0.3 is 11.8 Å². The number of para-hydroxylation sites is 1. The van der Waals surface area contributed by atoms with Crippen molar-refractivity contribution in [2.45, 2.75) is 25.9 Å². The van der Waals surface area contributed by atoms with Crippen LogP contribution < -0.4 is 20.1 Å². The van der Waals surface area contributed by atoms with Crippen molar-refractivity contribution in [2.24, 2.45) is 0 Å². The van der Waals surface area contributed by atoms with Crippen LogP contribution in [0, 0.1) is 0 Å². The molecule has 9 heteroatoms. The molecule has 2 aromatic carbocycles. The third-order valence-electron chi connectivity index (χ3n) is 4.88. The summed E-state index contributed by atoms with van der Waals surface area (Å²) in [6, 6.07) is 13.1. The molecule has 31 heavy (non-hydrogen) atoms. The Morgan fingerprint density at radius 2 is 2.10 bits per heavy atom. The van der Waals surface area contributed by atoms with Crippen molar-refractivity contribution >= 4 is 17.5 Å². The van der Waals surface area contributed by atoms with Crippen LogP contribution in [0.2, 0.25) is 0 Å². The lowest BCUT2D eigenvalue weighted by molar-refractivity contribution is -0.116. The third-order valence-corrected chi connectivity index (χ3v) is 4.88. The molecule has 0 saturated carbocycles. The lowest BCUT2D eigenvalue weighted by Gasteiger charge is -2.17. The van der Waals surface area contributed by atoms with Crippen molar-refractivity contribution in [1.82, 2.24) is 15.5 Å². The second-order valence-corrected chi connectivity index (χ2v) is 6.99. The monoisotopic (exact) mass is 422 g/mol. The highest BCUT2D eigenvalue weighted by Gasteiger charge is 2.17. The molecule has 3 aromatic rings. The number of nitrogens with zero attached hydrogens (tertiary/aromatic N) is 2. The summed E-state index contributed by atoms with van der Waals surface area (Å²) in [7, 11) is 1.61. The van der Waals surface area contributed by atoms with E-state index in [1.807, 2.05) is 36.4 Å². The first kappa shape index (κ1) is 20.4. The SMILES string of the molecule is COc1ccccc1CCNC(=O)c1nc(COc2ccc3c(c2)NC(=O)CC3)no1. The number of nitrogens with one attached hydrogen (secondary N) is 2. The largest absolute Gasteiger partial charge is 0.496 e. The number of aryl methyl sites for hydroxylation is 1. The third kappa shape index (κ3) is 5.00. The van der Waals surface area contributed by atoms with Crippen LogP contribution in [0.3, 0.4) is 0 Å². The summed E-state index contributed by atoms with van der Waals surface area (Å²) in [5, 5.41) is 9.36. The van der Waals surface area contributed by atoms with E-state index in [-0.39, 0.29) is 24.2 Å². The molecule has 0 aliphatic carbocycles. The van der Waals surface area contributed by atoms with E-state index < -0.39 is 5.91 Å². The standard InChI is InChI=1S/C22H22N4O5/c1-29-18-5-3-2-4-15(18)10-11-23-21(28)22-25-19(26-31-22)13-30-16-8-6-14-7-9-20(27)24-17(14)12-16/h2-6,8,12H,7,9-11,13H2,1H3,(H,23,28)(H,24,27). The average molecular weight is 422 g/mol. The van der Waals surface area contributed by atoms with Gasteiger partial charge < -0.3 is 24.6 Å². The molecular weight excluding hydrogens is 400 g/mol. The molecule has 4 rings (SSSR count). The Bertz CT molecular complexity index is 1100. The zero-order valence-electron chi connectivity index (χ0n) is 17.0. The van der Waals surface area contributed by atoms with Crippen LogP contribution in [-0.2, 0) is 24.2 Å². The lowest BCUT2D eigenvalue weighted by Crippen LogP contribution is -2.26. The predicted octanol–water partition coefficient (Wildman–Crippen LogP) is 2.51. The van der Waals surface area contributed by atoms with Crippen molar-refractivity contribution in [1.29, 1.82) is 0 Å². The Morgan fingerprint density at radius 3 is 2.97 bits per heavy atom. The van der Waals surface area contributed by atoms with Gasteiger partial charge in [0.1, 0.15) is 11.5 Å². The summed E-state index contributed by atoms with van der Waals surface area (Å²) in [4.78, 5) is 27.9. The number of amides is 2. The normalized spacial score (nSPS) is 12.6. The molecule has 2 heterocycles. The Kier molecular flexibility index (Phi) is 6.11. The molecule has 1 aliphatic rings. The van der Waals surface area contributed by atoms with Crippen molar-refractivity contribution in [3.05, 3.63) is 65.3 Å². The van der Waals surface area contributed by atoms with Crippen molar-refractivity contribution < 1.29 is 23.6 Å². The highest BCUT2D eigenvalue weighted by molar-refractivity contribution is 5.94. The van der Waals surface area contributed by atoms with Gasteiger partial charge in [-0.15, -0.1) is 0 Å². The van der Waals surface area contributed by atoms with E-state index in [1.165, 1.54) is 0 Å². The fourth-order valence-electron chi connectivity index (χ4n) is 3.29. The van der Waals surface area contributed by atoms with Crippen molar-refractivity contribution in [3.8, 4) is 11.5 Å². The first-order valence-corrected chi connectivity index (χ1v) is 9.90. The summed E-state index contributed by atoms with van der Waals surface area (Å²) in [5.74, 6) is 0.992. The lowest BCUT2D eigenvalue weighted by atomic mass is 10.0. The van der Waals surface area contributed by atoms with Crippen LogP contribution in [0.1, 0.15) is 34.1 Å². The molecule has 9 nitrogen and oxygen atoms in total. The van der Waals surface area contributed by atoms with E-state index in [9.17, 15) is 9.59 Å². The summed E-state index contributed by atoms with van der Waals surface area (Å²) < 4.78 is 16.0. The van der Waals surface area contributed by atoms with E-state index >= 15 is 0 Å². The maximum Gasteiger partial charge on any atom is 0.316 e. The second-order valence-electron chi connectivity index (χ2n) is 6.99. The van der Waals surface area contributed by atoms with Gasteiger partial charge in [-0.25, -0.2) is 0 Å². The molecule has 1 aromatic heterocycles. The summed E-state index contributed by atoms with van der Waals surface area (Å²) in [6.07, 6.45) is 1.80. The van der Waals surface area contributed by atoms with Gasteiger partial charge in [0, 0.05) is 24.7 Å². The second kappa shape index (κ2) is 9.29. The van der Waals surface area contributed by atoms with Crippen molar-refractivity contribution in [3.63, 3.8) is 0 Å². The molecule has 2 amide bonds. The molecule has 160 valence electrons. The number of benzene rings is 2. The Hall–Kier alpha value is -3.88. The Balaban J connectivity index is 1.28. The minimum absolute atomic E-state index is 0.0100.